The van der Waals surface area contributed by atoms with E-state index in [1.807, 2.05) is 24.3 Å². The first-order chi connectivity index (χ1) is 7.93. The van der Waals surface area contributed by atoms with E-state index in [0.717, 1.165) is 21.9 Å². The molecule has 86 valence electrons. The second-order valence-electron chi connectivity index (χ2n) is 5.29. The molecule has 0 saturated carbocycles. The molecule has 2 aromatic rings. The summed E-state index contributed by atoms with van der Waals surface area (Å²) >= 11 is 0. The van der Waals surface area contributed by atoms with Crippen molar-refractivity contribution in [2.75, 3.05) is 0 Å². The summed E-state index contributed by atoms with van der Waals surface area (Å²) in [7, 11) is 0. The fourth-order valence-corrected chi connectivity index (χ4v) is 2.12. The Labute approximate surface area is 102 Å². The van der Waals surface area contributed by atoms with Crippen molar-refractivity contribution >= 4 is 10.8 Å². The lowest BCUT2D eigenvalue weighted by molar-refractivity contribution is 0.472. The monoisotopic (exact) mass is 224 g/mol. The molecule has 0 heterocycles. The van der Waals surface area contributed by atoms with Gasteiger partial charge >= 0.3 is 0 Å². The number of terminal acetylenes is 1. The first-order valence-electron chi connectivity index (χ1n) is 5.66. The molecule has 0 aliphatic rings. The number of benzene rings is 2. The molecule has 0 fully saturated rings. The van der Waals surface area contributed by atoms with Crippen LogP contribution in [0.15, 0.2) is 30.3 Å². The molecule has 0 amide bonds. The summed E-state index contributed by atoms with van der Waals surface area (Å²) in [4.78, 5) is 0. The summed E-state index contributed by atoms with van der Waals surface area (Å²) in [6.07, 6.45) is 5.55. The Kier molecular flexibility index (Phi) is 2.59. The summed E-state index contributed by atoms with van der Waals surface area (Å²) in [6.45, 7) is 6.36. The van der Waals surface area contributed by atoms with Gasteiger partial charge in [-0.2, -0.15) is 0 Å². The van der Waals surface area contributed by atoms with Crippen LogP contribution in [-0.4, -0.2) is 5.11 Å². The number of aromatic hydroxyl groups is 1. The van der Waals surface area contributed by atoms with Gasteiger partial charge in [0, 0.05) is 10.9 Å². The van der Waals surface area contributed by atoms with Crippen LogP contribution in [0.4, 0.5) is 0 Å². The Balaban J connectivity index is 2.96. The van der Waals surface area contributed by atoms with Gasteiger partial charge in [0.2, 0.25) is 0 Å². The lowest BCUT2D eigenvalue weighted by atomic mass is 9.82. The third kappa shape index (κ3) is 1.99. The molecule has 0 spiro atoms. The zero-order valence-electron chi connectivity index (χ0n) is 10.4. The molecule has 1 heteroatoms. The van der Waals surface area contributed by atoms with Crippen LogP contribution in [0.1, 0.15) is 31.9 Å². The van der Waals surface area contributed by atoms with E-state index in [0.29, 0.717) is 0 Å². The van der Waals surface area contributed by atoms with Crippen LogP contribution in [0.2, 0.25) is 0 Å². The molecular formula is C16H16O. The van der Waals surface area contributed by atoms with Crippen molar-refractivity contribution in [2.24, 2.45) is 0 Å². The van der Waals surface area contributed by atoms with Crippen LogP contribution in [0.5, 0.6) is 5.75 Å². The molecular weight excluding hydrogens is 208 g/mol. The minimum absolute atomic E-state index is 0.0516. The average molecular weight is 224 g/mol. The van der Waals surface area contributed by atoms with Gasteiger partial charge in [-0.15, -0.1) is 6.42 Å². The first-order valence-corrected chi connectivity index (χ1v) is 5.66. The van der Waals surface area contributed by atoms with Gasteiger partial charge < -0.3 is 5.11 Å². The van der Waals surface area contributed by atoms with Gasteiger partial charge in [0.1, 0.15) is 5.75 Å². The molecule has 2 aromatic carbocycles. The van der Waals surface area contributed by atoms with Gasteiger partial charge in [-0.05, 0) is 34.6 Å². The van der Waals surface area contributed by atoms with Crippen LogP contribution in [0.3, 0.4) is 0 Å². The van der Waals surface area contributed by atoms with E-state index in [9.17, 15) is 5.11 Å². The van der Waals surface area contributed by atoms with Gasteiger partial charge in [-0.25, -0.2) is 0 Å². The van der Waals surface area contributed by atoms with Gasteiger partial charge in [0.05, 0.1) is 0 Å². The maximum atomic E-state index is 9.79. The van der Waals surface area contributed by atoms with E-state index in [1.54, 1.807) is 6.07 Å². The topological polar surface area (TPSA) is 20.2 Å². The minimum Gasteiger partial charge on any atom is -0.508 e. The molecule has 0 aliphatic heterocycles. The maximum absolute atomic E-state index is 9.79. The molecule has 0 unspecified atom stereocenters. The van der Waals surface area contributed by atoms with E-state index < -0.39 is 0 Å². The number of phenols is 1. The molecule has 0 aromatic heterocycles. The molecule has 0 aliphatic carbocycles. The standard InChI is InChI=1S/C16H16O/c1-5-11-7-6-8-12-9-13(17)10-14(15(11)12)16(2,3)4/h1,6-10,17H,2-4H3. The lowest BCUT2D eigenvalue weighted by Gasteiger charge is -2.22. The molecule has 0 bridgehead atoms. The molecule has 0 atom stereocenters. The minimum atomic E-state index is -0.0516. The third-order valence-electron chi connectivity index (χ3n) is 2.93. The number of phenolic OH excluding ortho intramolecular Hbond substituents is 1. The first kappa shape index (κ1) is 11.5. The van der Waals surface area contributed by atoms with Gasteiger partial charge in [-0.1, -0.05) is 38.8 Å². The van der Waals surface area contributed by atoms with Crippen molar-refractivity contribution < 1.29 is 5.11 Å². The number of hydrogen-bond acceptors (Lipinski definition) is 1. The SMILES string of the molecule is C#Cc1cccc2cc(O)cc(C(C)(C)C)c12. The predicted molar refractivity (Wildman–Crippen MR) is 72.2 cm³/mol. The zero-order valence-corrected chi connectivity index (χ0v) is 10.4. The van der Waals surface area contributed by atoms with Gasteiger partial charge in [-0.3, -0.25) is 0 Å². The normalized spacial score (nSPS) is 11.4. The van der Waals surface area contributed by atoms with E-state index >= 15 is 0 Å². The highest BCUT2D eigenvalue weighted by Crippen LogP contribution is 2.35. The van der Waals surface area contributed by atoms with Crippen LogP contribution in [-0.2, 0) is 5.41 Å². The van der Waals surface area contributed by atoms with Crippen molar-refractivity contribution in [3.63, 3.8) is 0 Å². The summed E-state index contributed by atoms with van der Waals surface area (Å²) in [5.41, 5.74) is 1.91. The van der Waals surface area contributed by atoms with Gasteiger partial charge in [0.15, 0.2) is 0 Å². The molecule has 1 nitrogen and oxygen atoms in total. The van der Waals surface area contributed by atoms with Crippen LogP contribution >= 0.6 is 0 Å². The summed E-state index contributed by atoms with van der Waals surface area (Å²) in [6, 6.07) is 9.40. The van der Waals surface area contributed by atoms with Gasteiger partial charge in [0.25, 0.3) is 0 Å². The Morgan fingerprint density at radius 3 is 2.47 bits per heavy atom. The van der Waals surface area contributed by atoms with Crippen molar-refractivity contribution in [1.82, 2.24) is 0 Å². The quantitative estimate of drug-likeness (QED) is 0.674. The van der Waals surface area contributed by atoms with Crippen molar-refractivity contribution in [2.45, 2.75) is 26.2 Å². The highest BCUT2D eigenvalue weighted by atomic mass is 16.3. The average Bonchev–Trinajstić information content (AvgIpc) is 2.25. The van der Waals surface area contributed by atoms with E-state index in [4.69, 9.17) is 6.42 Å². The molecule has 1 N–H and O–H groups in total. The summed E-state index contributed by atoms with van der Waals surface area (Å²) in [5, 5.41) is 11.8. The second kappa shape index (κ2) is 3.82. The van der Waals surface area contributed by atoms with Crippen LogP contribution in [0, 0.1) is 12.3 Å². The Hall–Kier alpha value is -1.94. The smallest absolute Gasteiger partial charge is 0.116 e. The van der Waals surface area contributed by atoms with E-state index in [2.05, 4.69) is 26.7 Å². The number of hydrogen-bond donors (Lipinski definition) is 1. The largest absolute Gasteiger partial charge is 0.508 e. The molecule has 2 rings (SSSR count). The fourth-order valence-electron chi connectivity index (χ4n) is 2.12. The second-order valence-corrected chi connectivity index (χ2v) is 5.29. The highest BCUT2D eigenvalue weighted by molar-refractivity contribution is 5.93. The van der Waals surface area contributed by atoms with Crippen molar-refractivity contribution in [3.05, 3.63) is 41.5 Å². The van der Waals surface area contributed by atoms with Crippen LogP contribution < -0.4 is 0 Å². The highest BCUT2D eigenvalue weighted by Gasteiger charge is 2.19. The third-order valence-corrected chi connectivity index (χ3v) is 2.93. The summed E-state index contributed by atoms with van der Waals surface area (Å²) < 4.78 is 0. The van der Waals surface area contributed by atoms with E-state index in [1.165, 1.54) is 0 Å². The predicted octanol–water partition coefficient (Wildman–Crippen LogP) is 3.82. The molecule has 17 heavy (non-hydrogen) atoms. The Bertz CT molecular complexity index is 610. The number of fused-ring (bicyclic) bond motifs is 1. The number of rotatable bonds is 0. The Morgan fingerprint density at radius 2 is 1.88 bits per heavy atom. The molecule has 0 radical (unpaired) electrons. The summed E-state index contributed by atoms with van der Waals surface area (Å²) in [5.74, 6) is 3.01. The zero-order chi connectivity index (χ0) is 12.6. The van der Waals surface area contributed by atoms with Crippen molar-refractivity contribution in [3.8, 4) is 18.1 Å². The van der Waals surface area contributed by atoms with E-state index in [-0.39, 0.29) is 11.2 Å². The fraction of sp³-hybridized carbons (Fsp3) is 0.250. The Morgan fingerprint density at radius 1 is 1.18 bits per heavy atom. The molecule has 0 saturated heterocycles. The lowest BCUT2D eigenvalue weighted by Crippen LogP contribution is -2.12. The van der Waals surface area contributed by atoms with Crippen LogP contribution in [0.25, 0.3) is 10.8 Å². The van der Waals surface area contributed by atoms with Crippen molar-refractivity contribution in [1.29, 1.82) is 0 Å². The maximum Gasteiger partial charge on any atom is 0.116 e.